The van der Waals surface area contributed by atoms with Gasteiger partial charge in [-0.25, -0.2) is 9.97 Å². The first kappa shape index (κ1) is 18.1. The predicted octanol–water partition coefficient (Wildman–Crippen LogP) is 4.26. The fraction of sp³-hybridized carbons (Fsp3) is 0.273. The van der Waals surface area contributed by atoms with Crippen molar-refractivity contribution in [3.63, 3.8) is 0 Å². The Balaban J connectivity index is 1.56. The normalized spacial score (nSPS) is 13.7. The maximum absolute atomic E-state index is 6.26. The van der Waals surface area contributed by atoms with Crippen molar-refractivity contribution in [2.45, 2.75) is 26.8 Å². The first-order valence-corrected chi connectivity index (χ1v) is 10.0. The third-order valence-corrected chi connectivity index (χ3v) is 5.65. The van der Waals surface area contributed by atoms with Crippen molar-refractivity contribution in [3.8, 4) is 11.1 Å². The Kier molecular flexibility index (Phi) is 4.24. The van der Waals surface area contributed by atoms with E-state index in [9.17, 15) is 0 Å². The summed E-state index contributed by atoms with van der Waals surface area (Å²) in [5, 5.41) is 6.14. The Morgan fingerprint density at radius 1 is 1.10 bits per heavy atom. The van der Waals surface area contributed by atoms with Crippen LogP contribution in [0.1, 0.15) is 22.8 Å². The summed E-state index contributed by atoms with van der Waals surface area (Å²) in [4.78, 5) is 16.4. The first-order valence-electron chi connectivity index (χ1n) is 9.65. The van der Waals surface area contributed by atoms with E-state index in [0.717, 1.165) is 64.6 Å². The lowest BCUT2D eigenvalue weighted by atomic mass is 10.0. The van der Waals surface area contributed by atoms with Crippen molar-refractivity contribution in [1.82, 2.24) is 24.7 Å². The molecule has 4 heterocycles. The molecule has 1 aliphatic rings. The molecule has 0 amide bonds. The molecule has 7 heteroatoms. The van der Waals surface area contributed by atoms with Gasteiger partial charge < -0.3 is 4.90 Å². The van der Waals surface area contributed by atoms with Gasteiger partial charge in [0.25, 0.3) is 0 Å². The van der Waals surface area contributed by atoms with E-state index in [2.05, 4.69) is 21.0 Å². The molecule has 1 aromatic carbocycles. The molecule has 146 valence electrons. The minimum absolute atomic E-state index is 0.694. The molecule has 5 rings (SSSR count). The zero-order chi connectivity index (χ0) is 20.1. The summed E-state index contributed by atoms with van der Waals surface area (Å²) in [6, 6.07) is 8.02. The van der Waals surface area contributed by atoms with Gasteiger partial charge in [-0.3, -0.25) is 9.67 Å². The van der Waals surface area contributed by atoms with E-state index in [1.165, 1.54) is 5.56 Å². The average Bonchev–Trinajstić information content (AvgIpc) is 3.05. The molecule has 29 heavy (non-hydrogen) atoms. The lowest BCUT2D eigenvalue weighted by Gasteiger charge is -2.30. The van der Waals surface area contributed by atoms with E-state index < -0.39 is 0 Å². The van der Waals surface area contributed by atoms with E-state index in [1.54, 1.807) is 0 Å². The lowest BCUT2D eigenvalue weighted by molar-refractivity contribution is 0.703. The monoisotopic (exact) mass is 404 g/mol. The van der Waals surface area contributed by atoms with Crippen LogP contribution in [0.2, 0.25) is 5.02 Å². The van der Waals surface area contributed by atoms with Crippen LogP contribution in [0.3, 0.4) is 0 Å². The van der Waals surface area contributed by atoms with Gasteiger partial charge in [0.1, 0.15) is 11.6 Å². The number of anilines is 1. The van der Waals surface area contributed by atoms with E-state index >= 15 is 0 Å². The molecule has 1 aliphatic heterocycles. The fourth-order valence-electron chi connectivity index (χ4n) is 4.08. The Morgan fingerprint density at radius 2 is 1.97 bits per heavy atom. The molecule has 0 bridgehead atoms. The van der Waals surface area contributed by atoms with Crippen LogP contribution in [0.25, 0.3) is 22.0 Å². The summed E-state index contributed by atoms with van der Waals surface area (Å²) in [7, 11) is 1.94. The molecular formula is C22H21ClN6. The van der Waals surface area contributed by atoms with Crippen molar-refractivity contribution in [3.05, 3.63) is 64.5 Å². The molecule has 0 spiro atoms. The molecule has 0 saturated heterocycles. The zero-order valence-corrected chi connectivity index (χ0v) is 17.4. The van der Waals surface area contributed by atoms with Crippen molar-refractivity contribution >= 4 is 28.3 Å². The van der Waals surface area contributed by atoms with Crippen LogP contribution >= 0.6 is 11.6 Å². The molecule has 4 aromatic rings. The zero-order valence-electron chi connectivity index (χ0n) is 16.6. The minimum atomic E-state index is 0.694. The summed E-state index contributed by atoms with van der Waals surface area (Å²) < 4.78 is 1.84. The molecule has 3 aromatic heterocycles. The molecule has 0 N–H and O–H groups in total. The highest BCUT2D eigenvalue weighted by atomic mass is 35.5. The molecular weight excluding hydrogens is 384 g/mol. The Hall–Kier alpha value is -2.99. The maximum Gasteiger partial charge on any atom is 0.140 e. The van der Waals surface area contributed by atoms with Crippen LogP contribution in [0.5, 0.6) is 0 Å². The van der Waals surface area contributed by atoms with Crippen molar-refractivity contribution in [1.29, 1.82) is 0 Å². The molecule has 0 saturated carbocycles. The van der Waals surface area contributed by atoms with E-state index in [4.69, 9.17) is 21.6 Å². The number of hydrogen-bond acceptors (Lipinski definition) is 5. The van der Waals surface area contributed by atoms with Crippen LogP contribution in [0, 0.1) is 13.8 Å². The maximum atomic E-state index is 6.26. The molecule has 0 radical (unpaired) electrons. The SMILES string of the molecule is Cc1nc(N2CCc3ncc(-c4cn(C)nc4C)cc3C2)c2cc(Cl)ccc2n1. The van der Waals surface area contributed by atoms with Crippen LogP contribution in [0.4, 0.5) is 5.82 Å². The summed E-state index contributed by atoms with van der Waals surface area (Å²) in [5.74, 6) is 1.70. The van der Waals surface area contributed by atoms with Gasteiger partial charge in [-0.05, 0) is 43.7 Å². The number of hydrogen-bond donors (Lipinski definition) is 0. The van der Waals surface area contributed by atoms with Crippen molar-refractivity contribution in [2.24, 2.45) is 7.05 Å². The number of rotatable bonds is 2. The highest BCUT2D eigenvalue weighted by Gasteiger charge is 2.22. The summed E-state index contributed by atoms with van der Waals surface area (Å²) in [6.45, 7) is 5.58. The highest BCUT2D eigenvalue weighted by Crippen LogP contribution is 2.32. The minimum Gasteiger partial charge on any atom is -0.351 e. The molecule has 6 nitrogen and oxygen atoms in total. The predicted molar refractivity (Wildman–Crippen MR) is 115 cm³/mol. The summed E-state index contributed by atoms with van der Waals surface area (Å²) in [6.07, 6.45) is 4.89. The van der Waals surface area contributed by atoms with Gasteiger partial charge in [0.05, 0.1) is 11.2 Å². The number of aryl methyl sites for hydroxylation is 3. The standard InChI is InChI=1S/C22H21ClN6/c1-13-19(12-28(3)27-13)15-8-16-11-29(7-6-20(16)24-10-15)22-18-9-17(23)4-5-21(18)25-14(2)26-22/h4-5,8-10,12H,6-7,11H2,1-3H3. The quantitative estimate of drug-likeness (QED) is 0.499. The molecule has 0 atom stereocenters. The van der Waals surface area contributed by atoms with Gasteiger partial charge >= 0.3 is 0 Å². The van der Waals surface area contributed by atoms with Gasteiger partial charge in [-0.2, -0.15) is 5.10 Å². The first-order chi connectivity index (χ1) is 14.0. The Labute approximate surface area is 174 Å². The van der Waals surface area contributed by atoms with E-state index in [0.29, 0.717) is 5.02 Å². The van der Waals surface area contributed by atoms with Gasteiger partial charge in [0.15, 0.2) is 0 Å². The average molecular weight is 405 g/mol. The number of pyridine rings is 1. The number of fused-ring (bicyclic) bond motifs is 2. The van der Waals surface area contributed by atoms with Crippen LogP contribution in [-0.2, 0) is 20.0 Å². The van der Waals surface area contributed by atoms with E-state index in [1.807, 2.05) is 56.2 Å². The number of halogens is 1. The second-order valence-corrected chi connectivity index (χ2v) is 8.00. The second-order valence-electron chi connectivity index (χ2n) is 7.56. The number of aromatic nitrogens is 5. The second kappa shape index (κ2) is 6.81. The third kappa shape index (κ3) is 3.23. The van der Waals surface area contributed by atoms with Crippen molar-refractivity contribution in [2.75, 3.05) is 11.4 Å². The Morgan fingerprint density at radius 3 is 2.76 bits per heavy atom. The van der Waals surface area contributed by atoms with Gasteiger partial charge in [-0.15, -0.1) is 0 Å². The largest absolute Gasteiger partial charge is 0.351 e. The fourth-order valence-corrected chi connectivity index (χ4v) is 4.25. The summed E-state index contributed by atoms with van der Waals surface area (Å²) >= 11 is 6.26. The van der Waals surface area contributed by atoms with Gasteiger partial charge in [0, 0.05) is 66.2 Å². The summed E-state index contributed by atoms with van der Waals surface area (Å²) in [5.41, 5.74) is 6.52. The van der Waals surface area contributed by atoms with Gasteiger partial charge in [-0.1, -0.05) is 11.6 Å². The van der Waals surface area contributed by atoms with Crippen LogP contribution in [-0.4, -0.2) is 31.3 Å². The number of benzene rings is 1. The highest BCUT2D eigenvalue weighted by molar-refractivity contribution is 6.31. The van der Waals surface area contributed by atoms with Crippen LogP contribution < -0.4 is 4.90 Å². The van der Waals surface area contributed by atoms with Gasteiger partial charge in [0.2, 0.25) is 0 Å². The van der Waals surface area contributed by atoms with Crippen LogP contribution in [0.15, 0.2) is 36.7 Å². The Bertz CT molecular complexity index is 1250. The smallest absolute Gasteiger partial charge is 0.140 e. The number of nitrogens with zero attached hydrogens (tertiary/aromatic N) is 6. The topological polar surface area (TPSA) is 59.7 Å². The van der Waals surface area contributed by atoms with Crippen molar-refractivity contribution < 1.29 is 0 Å². The third-order valence-electron chi connectivity index (χ3n) is 5.41. The molecule has 0 unspecified atom stereocenters. The van der Waals surface area contributed by atoms with E-state index in [-0.39, 0.29) is 0 Å². The molecule has 0 fully saturated rings. The lowest BCUT2D eigenvalue weighted by Crippen LogP contribution is -2.32. The molecule has 0 aliphatic carbocycles.